The molecule has 2 aromatic carbocycles. The lowest BCUT2D eigenvalue weighted by Gasteiger charge is -2.15. The van der Waals surface area contributed by atoms with E-state index in [1.54, 1.807) is 0 Å². The highest BCUT2D eigenvalue weighted by Gasteiger charge is 2.13. The number of hydrogen-bond acceptors (Lipinski definition) is 3. The quantitative estimate of drug-likeness (QED) is 0.370. The van der Waals surface area contributed by atoms with Gasteiger partial charge in [-0.2, -0.15) is 0 Å². The van der Waals surface area contributed by atoms with Gasteiger partial charge < -0.3 is 15.2 Å². The summed E-state index contributed by atoms with van der Waals surface area (Å²) in [4.78, 5) is 16.9. The molecule has 3 rings (SSSR count). The van der Waals surface area contributed by atoms with Crippen LogP contribution in [0.2, 0.25) is 0 Å². The molecule has 33 heavy (non-hydrogen) atoms. The molecule has 1 unspecified atom stereocenters. The van der Waals surface area contributed by atoms with Gasteiger partial charge in [0, 0.05) is 46.6 Å². The third kappa shape index (κ3) is 7.02. The third-order valence-corrected chi connectivity index (χ3v) is 6.96. The Morgan fingerprint density at radius 2 is 1.85 bits per heavy atom. The van der Waals surface area contributed by atoms with Crippen molar-refractivity contribution >= 4 is 22.5 Å². The van der Waals surface area contributed by atoms with Gasteiger partial charge in [-0.1, -0.05) is 68.3 Å². The Morgan fingerprint density at radius 1 is 1.06 bits per heavy atom. The Hall–Kier alpha value is -2.93. The molecular formula is C26H34N4O2S. The van der Waals surface area contributed by atoms with Crippen LogP contribution in [0, 0.1) is 13.8 Å². The molecule has 3 aromatic rings. The van der Waals surface area contributed by atoms with Gasteiger partial charge in [0.05, 0.1) is 17.8 Å². The van der Waals surface area contributed by atoms with Gasteiger partial charge in [0.25, 0.3) is 0 Å². The van der Waals surface area contributed by atoms with Gasteiger partial charge in [-0.15, -0.1) is 0 Å². The van der Waals surface area contributed by atoms with Crippen LogP contribution in [0.1, 0.15) is 43.0 Å². The van der Waals surface area contributed by atoms with Gasteiger partial charge in [0.2, 0.25) is 0 Å². The van der Waals surface area contributed by atoms with E-state index in [1.165, 1.54) is 0 Å². The zero-order chi connectivity index (χ0) is 23.6. The number of aryl methyl sites for hydroxylation is 2. The molecule has 0 saturated carbocycles. The Kier molecular flexibility index (Phi) is 9.24. The molecule has 0 aliphatic heterocycles. The summed E-state index contributed by atoms with van der Waals surface area (Å²) in [5, 5.41) is 5.87. The summed E-state index contributed by atoms with van der Waals surface area (Å²) in [6.45, 7) is 7.42. The Balaban J connectivity index is 1.59. The fraction of sp³-hybridized carbons (Fsp3) is 0.385. The van der Waals surface area contributed by atoms with E-state index in [0.29, 0.717) is 24.6 Å². The lowest BCUT2D eigenvalue weighted by molar-refractivity contribution is 0.252. The summed E-state index contributed by atoms with van der Waals surface area (Å²) in [6.07, 6.45) is 4.99. The van der Waals surface area contributed by atoms with Crippen LogP contribution in [-0.4, -0.2) is 32.1 Å². The highest BCUT2D eigenvalue weighted by Crippen LogP contribution is 2.23. The van der Waals surface area contributed by atoms with E-state index in [9.17, 15) is 9.00 Å². The van der Waals surface area contributed by atoms with E-state index in [4.69, 9.17) is 0 Å². The Morgan fingerprint density at radius 3 is 2.61 bits per heavy atom. The van der Waals surface area contributed by atoms with Crippen LogP contribution in [0.15, 0.2) is 54.9 Å². The maximum absolute atomic E-state index is 12.9. The van der Waals surface area contributed by atoms with Crippen molar-refractivity contribution in [3.8, 4) is 11.3 Å². The summed E-state index contributed by atoms with van der Waals surface area (Å²) < 4.78 is 15.0. The summed E-state index contributed by atoms with van der Waals surface area (Å²) >= 11 is 0. The van der Waals surface area contributed by atoms with Crippen molar-refractivity contribution in [2.45, 2.75) is 52.3 Å². The maximum Gasteiger partial charge on any atom is 0.319 e. The van der Waals surface area contributed by atoms with Crippen molar-refractivity contribution in [2.75, 3.05) is 17.6 Å². The van der Waals surface area contributed by atoms with Gasteiger partial charge in [0.15, 0.2) is 0 Å². The topological polar surface area (TPSA) is 76.0 Å². The molecule has 0 aliphatic rings. The molecule has 7 heteroatoms. The first-order valence-corrected chi connectivity index (χ1v) is 13.0. The Bertz CT molecular complexity index is 1080. The molecule has 0 spiro atoms. The van der Waals surface area contributed by atoms with Gasteiger partial charge in [0.1, 0.15) is 0 Å². The zero-order valence-electron chi connectivity index (χ0n) is 19.8. The number of rotatable bonds is 11. The molecule has 0 bridgehead atoms. The molecule has 1 heterocycles. The molecule has 0 fully saturated rings. The van der Waals surface area contributed by atoms with Gasteiger partial charge in [-0.05, 0) is 31.4 Å². The standard InChI is InChI=1S/C26H34N4O2S/c1-4-5-9-15-27-26(31)29-24-20(2)11-10-14-23(24)18-33(32)17-16-30-19-28-25(21(30)3)22-12-7-6-8-13-22/h6-8,10-14,19H,4-5,9,15-18H2,1-3H3,(H2,27,29,31). The average molecular weight is 467 g/mol. The van der Waals surface area contributed by atoms with Crippen molar-refractivity contribution in [1.29, 1.82) is 0 Å². The van der Waals surface area contributed by atoms with E-state index in [-0.39, 0.29) is 6.03 Å². The minimum atomic E-state index is -1.08. The summed E-state index contributed by atoms with van der Waals surface area (Å²) in [7, 11) is -1.08. The molecule has 6 nitrogen and oxygen atoms in total. The van der Waals surface area contributed by atoms with Gasteiger partial charge in [-0.25, -0.2) is 9.78 Å². The smallest absolute Gasteiger partial charge is 0.319 e. The van der Waals surface area contributed by atoms with E-state index < -0.39 is 10.8 Å². The van der Waals surface area contributed by atoms with Crippen molar-refractivity contribution < 1.29 is 9.00 Å². The number of anilines is 1. The Labute approximate surface area is 199 Å². The zero-order valence-corrected chi connectivity index (χ0v) is 20.6. The predicted octanol–water partition coefficient (Wildman–Crippen LogP) is 5.43. The summed E-state index contributed by atoms with van der Waals surface area (Å²) in [5.74, 6) is 0.911. The SMILES string of the molecule is CCCCCNC(=O)Nc1c(C)cccc1CS(=O)CCn1cnc(-c2ccccc2)c1C. The molecule has 176 valence electrons. The van der Waals surface area contributed by atoms with E-state index in [0.717, 1.165) is 53.0 Å². The number of urea groups is 1. The fourth-order valence-corrected chi connectivity index (χ4v) is 4.89. The van der Waals surface area contributed by atoms with Crippen LogP contribution in [-0.2, 0) is 23.1 Å². The second kappa shape index (κ2) is 12.3. The number of carbonyl (C=O) groups is 1. The second-order valence-electron chi connectivity index (χ2n) is 8.22. The largest absolute Gasteiger partial charge is 0.338 e. The van der Waals surface area contributed by atoms with Crippen LogP contribution >= 0.6 is 0 Å². The monoisotopic (exact) mass is 466 g/mol. The molecule has 0 radical (unpaired) electrons. The highest BCUT2D eigenvalue weighted by atomic mass is 32.2. The van der Waals surface area contributed by atoms with E-state index >= 15 is 0 Å². The fourth-order valence-electron chi connectivity index (χ4n) is 3.76. The average Bonchev–Trinajstić information content (AvgIpc) is 3.18. The minimum absolute atomic E-state index is 0.213. The number of unbranched alkanes of at least 4 members (excludes halogenated alkanes) is 2. The number of para-hydroxylation sites is 1. The van der Waals surface area contributed by atoms with Crippen LogP contribution in [0.3, 0.4) is 0 Å². The van der Waals surface area contributed by atoms with E-state index in [2.05, 4.69) is 27.1 Å². The lowest BCUT2D eigenvalue weighted by Crippen LogP contribution is -2.30. The number of nitrogens with zero attached hydrogens (tertiary/aromatic N) is 2. The van der Waals surface area contributed by atoms with Crippen LogP contribution in [0.4, 0.5) is 10.5 Å². The van der Waals surface area contributed by atoms with Crippen molar-refractivity contribution in [2.24, 2.45) is 0 Å². The molecule has 2 N–H and O–H groups in total. The number of amides is 2. The molecule has 0 saturated heterocycles. The third-order valence-electron chi connectivity index (χ3n) is 5.69. The molecule has 1 atom stereocenters. The van der Waals surface area contributed by atoms with E-state index in [1.807, 2.05) is 68.7 Å². The molecule has 1 aromatic heterocycles. The minimum Gasteiger partial charge on any atom is -0.338 e. The first kappa shape index (κ1) is 24.7. The van der Waals surface area contributed by atoms with Gasteiger partial charge in [-0.3, -0.25) is 4.21 Å². The van der Waals surface area contributed by atoms with Crippen molar-refractivity contribution in [3.05, 3.63) is 71.7 Å². The van der Waals surface area contributed by atoms with Crippen molar-refractivity contribution in [3.63, 3.8) is 0 Å². The summed E-state index contributed by atoms with van der Waals surface area (Å²) in [5.41, 5.74) is 5.71. The van der Waals surface area contributed by atoms with Crippen LogP contribution in [0.25, 0.3) is 11.3 Å². The number of aromatic nitrogens is 2. The lowest BCUT2D eigenvalue weighted by atomic mass is 10.1. The summed E-state index contributed by atoms with van der Waals surface area (Å²) in [6, 6.07) is 15.7. The first-order valence-electron chi connectivity index (χ1n) is 11.5. The number of imidazole rings is 1. The first-order chi connectivity index (χ1) is 16.0. The van der Waals surface area contributed by atoms with Crippen molar-refractivity contribution in [1.82, 2.24) is 14.9 Å². The van der Waals surface area contributed by atoms with Crippen LogP contribution in [0.5, 0.6) is 0 Å². The maximum atomic E-state index is 12.9. The highest BCUT2D eigenvalue weighted by molar-refractivity contribution is 7.84. The number of carbonyl (C=O) groups excluding carboxylic acids is 1. The number of benzene rings is 2. The van der Waals surface area contributed by atoms with Gasteiger partial charge >= 0.3 is 6.03 Å². The number of nitrogens with one attached hydrogen (secondary N) is 2. The molecular weight excluding hydrogens is 432 g/mol. The number of hydrogen-bond donors (Lipinski definition) is 2. The molecule has 0 aliphatic carbocycles. The molecule has 2 amide bonds. The predicted molar refractivity (Wildman–Crippen MR) is 137 cm³/mol. The van der Waals surface area contributed by atoms with Crippen LogP contribution < -0.4 is 10.6 Å². The normalized spacial score (nSPS) is 11.8. The second-order valence-corrected chi connectivity index (χ2v) is 9.80.